The predicted octanol–water partition coefficient (Wildman–Crippen LogP) is 5.12. The molecule has 0 heterocycles. The highest BCUT2D eigenvalue weighted by atomic mass is 35.5. The standard InChI is InChI=1S/C16H14ClF3N2O4/c1-25-7-6-21-13-9-11(3-4-14(13)22(23)24)26-15-5-2-10(8-12(15)17)16(18,19)20/h2-5,8-9,21H,6-7H2,1H3. The van der Waals surface area contributed by atoms with Gasteiger partial charge in [0.15, 0.2) is 0 Å². The van der Waals surface area contributed by atoms with Crippen LogP contribution in [0.3, 0.4) is 0 Å². The third-order valence-corrected chi connectivity index (χ3v) is 3.57. The average Bonchev–Trinajstić information content (AvgIpc) is 2.56. The SMILES string of the molecule is COCCNc1cc(Oc2ccc(C(F)(F)F)cc2Cl)ccc1[N+](=O)[O-]. The molecule has 0 bridgehead atoms. The molecule has 0 aromatic heterocycles. The van der Waals surface area contributed by atoms with Gasteiger partial charge in [-0.25, -0.2) is 0 Å². The number of anilines is 1. The van der Waals surface area contributed by atoms with E-state index in [0.717, 1.165) is 18.2 Å². The minimum atomic E-state index is -4.52. The van der Waals surface area contributed by atoms with Gasteiger partial charge < -0.3 is 14.8 Å². The molecular formula is C16H14ClF3N2O4. The Morgan fingerprint density at radius 1 is 1.23 bits per heavy atom. The van der Waals surface area contributed by atoms with Crippen LogP contribution in [0.4, 0.5) is 24.5 Å². The molecule has 0 aliphatic carbocycles. The molecule has 0 radical (unpaired) electrons. The van der Waals surface area contributed by atoms with E-state index in [1.807, 2.05) is 0 Å². The number of hydrogen-bond donors (Lipinski definition) is 1. The van der Waals surface area contributed by atoms with Crippen molar-refractivity contribution in [1.29, 1.82) is 0 Å². The van der Waals surface area contributed by atoms with Crippen LogP contribution in [-0.2, 0) is 10.9 Å². The normalized spacial score (nSPS) is 11.3. The largest absolute Gasteiger partial charge is 0.456 e. The molecule has 0 saturated carbocycles. The number of benzene rings is 2. The van der Waals surface area contributed by atoms with Crippen LogP contribution in [0.15, 0.2) is 36.4 Å². The summed E-state index contributed by atoms with van der Waals surface area (Å²) in [4.78, 5) is 10.5. The van der Waals surface area contributed by atoms with Crippen molar-refractivity contribution in [3.05, 3.63) is 57.1 Å². The summed E-state index contributed by atoms with van der Waals surface area (Å²) in [6, 6.07) is 6.59. The second-order valence-corrected chi connectivity index (χ2v) is 5.51. The molecule has 2 aromatic rings. The molecule has 0 aliphatic rings. The molecular weight excluding hydrogens is 377 g/mol. The predicted molar refractivity (Wildman–Crippen MR) is 90.0 cm³/mol. The van der Waals surface area contributed by atoms with Gasteiger partial charge in [0.1, 0.15) is 17.2 Å². The Hall–Kier alpha value is -2.52. The topological polar surface area (TPSA) is 73.6 Å². The number of nitrogens with zero attached hydrogens (tertiary/aromatic N) is 1. The van der Waals surface area contributed by atoms with Crippen LogP contribution >= 0.6 is 11.6 Å². The first-order chi connectivity index (χ1) is 12.2. The van der Waals surface area contributed by atoms with E-state index >= 15 is 0 Å². The van der Waals surface area contributed by atoms with E-state index < -0.39 is 16.7 Å². The van der Waals surface area contributed by atoms with Gasteiger partial charge >= 0.3 is 6.18 Å². The minimum Gasteiger partial charge on any atom is -0.456 e. The van der Waals surface area contributed by atoms with Crippen molar-refractivity contribution in [3.63, 3.8) is 0 Å². The molecule has 2 rings (SSSR count). The summed E-state index contributed by atoms with van der Waals surface area (Å²) in [5.41, 5.74) is -0.889. The van der Waals surface area contributed by atoms with Gasteiger partial charge in [-0.2, -0.15) is 13.2 Å². The van der Waals surface area contributed by atoms with E-state index in [0.29, 0.717) is 13.2 Å². The lowest BCUT2D eigenvalue weighted by Crippen LogP contribution is -2.09. The van der Waals surface area contributed by atoms with Crippen molar-refractivity contribution in [1.82, 2.24) is 0 Å². The molecule has 0 spiro atoms. The number of rotatable bonds is 7. The average molecular weight is 391 g/mol. The zero-order valence-corrected chi connectivity index (χ0v) is 14.2. The molecule has 0 atom stereocenters. The summed E-state index contributed by atoms with van der Waals surface area (Å²) in [6.07, 6.45) is -4.52. The lowest BCUT2D eigenvalue weighted by Gasteiger charge is -2.12. The van der Waals surface area contributed by atoms with E-state index in [-0.39, 0.29) is 27.9 Å². The highest BCUT2D eigenvalue weighted by molar-refractivity contribution is 6.32. The number of methoxy groups -OCH3 is 1. The lowest BCUT2D eigenvalue weighted by atomic mass is 10.2. The summed E-state index contributed by atoms with van der Waals surface area (Å²) >= 11 is 5.84. The number of ether oxygens (including phenoxy) is 2. The van der Waals surface area contributed by atoms with E-state index in [4.69, 9.17) is 21.1 Å². The summed E-state index contributed by atoms with van der Waals surface area (Å²) in [5.74, 6) is 0.175. The van der Waals surface area contributed by atoms with Crippen molar-refractivity contribution in [2.45, 2.75) is 6.18 Å². The number of nitrogens with one attached hydrogen (secondary N) is 1. The van der Waals surface area contributed by atoms with Gasteiger partial charge in [-0.05, 0) is 24.3 Å². The molecule has 0 aliphatic heterocycles. The minimum absolute atomic E-state index is 0.00337. The van der Waals surface area contributed by atoms with Crippen molar-refractivity contribution in [2.24, 2.45) is 0 Å². The maximum Gasteiger partial charge on any atom is 0.416 e. The van der Waals surface area contributed by atoms with Gasteiger partial charge in [-0.1, -0.05) is 11.6 Å². The first-order valence-corrected chi connectivity index (χ1v) is 7.66. The van der Waals surface area contributed by atoms with Crippen LogP contribution in [-0.4, -0.2) is 25.2 Å². The van der Waals surface area contributed by atoms with Crippen LogP contribution in [0.2, 0.25) is 5.02 Å². The summed E-state index contributed by atoms with van der Waals surface area (Å²) in [6.45, 7) is 0.648. The number of alkyl halides is 3. The fourth-order valence-electron chi connectivity index (χ4n) is 2.05. The quantitative estimate of drug-likeness (QED) is 0.403. The van der Waals surface area contributed by atoms with Gasteiger partial charge in [0.25, 0.3) is 5.69 Å². The molecule has 140 valence electrons. The Morgan fingerprint density at radius 2 is 1.96 bits per heavy atom. The summed E-state index contributed by atoms with van der Waals surface area (Å²) in [7, 11) is 1.49. The molecule has 2 aromatic carbocycles. The Morgan fingerprint density at radius 3 is 2.54 bits per heavy atom. The zero-order valence-electron chi connectivity index (χ0n) is 13.5. The first kappa shape index (κ1) is 19.8. The Balaban J connectivity index is 2.26. The molecule has 0 amide bonds. The highest BCUT2D eigenvalue weighted by Gasteiger charge is 2.31. The number of halogens is 4. The summed E-state index contributed by atoms with van der Waals surface area (Å²) in [5, 5.41) is 13.7. The Bertz CT molecular complexity index is 800. The van der Waals surface area contributed by atoms with Crippen LogP contribution < -0.4 is 10.1 Å². The van der Waals surface area contributed by atoms with Gasteiger partial charge in [-0.15, -0.1) is 0 Å². The third kappa shape index (κ3) is 4.99. The lowest BCUT2D eigenvalue weighted by molar-refractivity contribution is -0.384. The van der Waals surface area contributed by atoms with E-state index in [1.165, 1.54) is 25.3 Å². The second-order valence-electron chi connectivity index (χ2n) is 5.10. The first-order valence-electron chi connectivity index (χ1n) is 7.28. The van der Waals surface area contributed by atoms with Crippen molar-refractivity contribution in [3.8, 4) is 11.5 Å². The van der Waals surface area contributed by atoms with Crippen molar-refractivity contribution >= 4 is 23.0 Å². The van der Waals surface area contributed by atoms with Crippen LogP contribution in [0.25, 0.3) is 0 Å². The van der Waals surface area contributed by atoms with E-state index in [2.05, 4.69) is 5.32 Å². The molecule has 1 N–H and O–H groups in total. The zero-order chi connectivity index (χ0) is 19.3. The van der Waals surface area contributed by atoms with Crippen LogP contribution in [0, 0.1) is 10.1 Å². The second kappa shape index (κ2) is 8.24. The smallest absolute Gasteiger partial charge is 0.416 e. The van der Waals surface area contributed by atoms with Crippen molar-refractivity contribution in [2.75, 3.05) is 25.6 Å². The number of nitro groups is 1. The molecule has 0 unspecified atom stereocenters. The van der Waals surface area contributed by atoms with Gasteiger partial charge in [0.05, 0.1) is 22.1 Å². The Kier molecular flexibility index (Phi) is 6.27. The molecule has 0 saturated heterocycles. The van der Waals surface area contributed by atoms with Gasteiger partial charge in [0.2, 0.25) is 0 Å². The molecule has 26 heavy (non-hydrogen) atoms. The molecule has 6 nitrogen and oxygen atoms in total. The highest BCUT2D eigenvalue weighted by Crippen LogP contribution is 2.37. The van der Waals surface area contributed by atoms with Gasteiger partial charge in [0, 0.05) is 25.8 Å². The molecule has 10 heteroatoms. The van der Waals surface area contributed by atoms with E-state index in [9.17, 15) is 23.3 Å². The summed E-state index contributed by atoms with van der Waals surface area (Å²) < 4.78 is 48.3. The van der Waals surface area contributed by atoms with E-state index in [1.54, 1.807) is 0 Å². The fourth-order valence-corrected chi connectivity index (χ4v) is 2.27. The van der Waals surface area contributed by atoms with Crippen LogP contribution in [0.5, 0.6) is 11.5 Å². The number of hydrogen-bond acceptors (Lipinski definition) is 5. The maximum absolute atomic E-state index is 12.7. The third-order valence-electron chi connectivity index (χ3n) is 3.27. The monoisotopic (exact) mass is 390 g/mol. The number of nitro benzene ring substituents is 1. The van der Waals surface area contributed by atoms with Gasteiger partial charge in [-0.3, -0.25) is 10.1 Å². The maximum atomic E-state index is 12.7. The Labute approximate surface area is 151 Å². The fraction of sp³-hybridized carbons (Fsp3) is 0.250. The van der Waals surface area contributed by atoms with Crippen molar-refractivity contribution < 1.29 is 27.6 Å². The molecule has 0 fully saturated rings. The van der Waals surface area contributed by atoms with Crippen LogP contribution in [0.1, 0.15) is 5.56 Å².